The molecular formula is C14H14F3N3O2. The fourth-order valence-electron chi connectivity index (χ4n) is 2.74. The molecule has 3 heterocycles. The average molecular weight is 313 g/mol. The molecule has 0 radical (unpaired) electrons. The molecule has 1 unspecified atom stereocenters. The Labute approximate surface area is 124 Å². The van der Waals surface area contributed by atoms with Gasteiger partial charge in [0.15, 0.2) is 5.69 Å². The van der Waals surface area contributed by atoms with Crippen LogP contribution in [0.2, 0.25) is 0 Å². The second-order valence-electron chi connectivity index (χ2n) is 5.21. The van der Waals surface area contributed by atoms with Crippen LogP contribution in [-0.4, -0.2) is 27.1 Å². The monoisotopic (exact) mass is 313 g/mol. The number of furan rings is 1. The molecular weight excluding hydrogens is 299 g/mol. The Balaban J connectivity index is 1.89. The van der Waals surface area contributed by atoms with E-state index in [1.165, 1.54) is 18.2 Å². The topological polar surface area (TPSA) is 51.3 Å². The lowest BCUT2D eigenvalue weighted by Crippen LogP contribution is -2.31. The van der Waals surface area contributed by atoms with Crippen molar-refractivity contribution in [1.82, 2.24) is 14.7 Å². The maximum absolute atomic E-state index is 12.7. The number of alkyl halides is 3. The van der Waals surface area contributed by atoms with E-state index < -0.39 is 17.8 Å². The first-order chi connectivity index (χ1) is 10.4. The summed E-state index contributed by atoms with van der Waals surface area (Å²) in [6.07, 6.45) is -1.55. The maximum atomic E-state index is 12.7. The maximum Gasteiger partial charge on any atom is 0.435 e. The van der Waals surface area contributed by atoms with Crippen LogP contribution in [0.3, 0.4) is 0 Å². The molecule has 3 rings (SSSR count). The van der Waals surface area contributed by atoms with Gasteiger partial charge >= 0.3 is 6.18 Å². The molecule has 118 valence electrons. The third kappa shape index (κ3) is 2.49. The number of carbonyl (C=O) groups is 1. The van der Waals surface area contributed by atoms with Crippen LogP contribution < -0.4 is 0 Å². The number of likely N-dealkylation sites (tertiary alicyclic amines) is 1. The summed E-state index contributed by atoms with van der Waals surface area (Å²) in [6, 6.07) is 4.04. The molecule has 22 heavy (non-hydrogen) atoms. The van der Waals surface area contributed by atoms with E-state index in [2.05, 4.69) is 5.10 Å². The van der Waals surface area contributed by atoms with Crippen molar-refractivity contribution >= 4 is 5.91 Å². The van der Waals surface area contributed by atoms with Crippen LogP contribution in [0.25, 0.3) is 0 Å². The van der Waals surface area contributed by atoms with Gasteiger partial charge < -0.3 is 9.32 Å². The molecule has 0 aromatic carbocycles. The van der Waals surface area contributed by atoms with E-state index in [1.807, 2.05) is 0 Å². The molecule has 5 nitrogen and oxygen atoms in total. The predicted molar refractivity (Wildman–Crippen MR) is 69.9 cm³/mol. The number of hydrogen-bond donors (Lipinski definition) is 0. The summed E-state index contributed by atoms with van der Waals surface area (Å²) in [4.78, 5) is 14.1. The minimum Gasteiger partial charge on any atom is -0.467 e. The number of aromatic nitrogens is 2. The largest absolute Gasteiger partial charge is 0.467 e. The zero-order chi connectivity index (χ0) is 15.9. The molecule has 1 saturated heterocycles. The first-order valence-electron chi connectivity index (χ1n) is 6.83. The van der Waals surface area contributed by atoms with Gasteiger partial charge in [-0.1, -0.05) is 0 Å². The third-order valence-corrected chi connectivity index (χ3v) is 3.77. The molecule has 1 atom stereocenters. The quantitative estimate of drug-likeness (QED) is 0.856. The van der Waals surface area contributed by atoms with E-state index in [-0.39, 0.29) is 11.7 Å². The SMILES string of the molecule is Cn1nc(C(F)(F)F)cc1C(=O)N1CCCC1c1ccco1. The van der Waals surface area contributed by atoms with Crippen LogP contribution in [0.4, 0.5) is 13.2 Å². The lowest BCUT2D eigenvalue weighted by Gasteiger charge is -2.22. The lowest BCUT2D eigenvalue weighted by molar-refractivity contribution is -0.141. The molecule has 2 aromatic heterocycles. The number of hydrogen-bond acceptors (Lipinski definition) is 3. The first-order valence-corrected chi connectivity index (χ1v) is 6.83. The Bertz CT molecular complexity index is 676. The smallest absolute Gasteiger partial charge is 0.435 e. The van der Waals surface area contributed by atoms with Crippen molar-refractivity contribution in [2.75, 3.05) is 6.54 Å². The number of aryl methyl sites for hydroxylation is 1. The fraction of sp³-hybridized carbons (Fsp3) is 0.429. The Hall–Kier alpha value is -2.25. The van der Waals surface area contributed by atoms with Crippen molar-refractivity contribution in [2.24, 2.45) is 7.05 Å². The second kappa shape index (κ2) is 5.19. The Kier molecular flexibility index (Phi) is 3.46. The zero-order valence-electron chi connectivity index (χ0n) is 11.8. The Morgan fingerprint density at radius 3 is 2.82 bits per heavy atom. The highest BCUT2D eigenvalue weighted by atomic mass is 19.4. The molecule has 0 saturated carbocycles. The summed E-state index contributed by atoms with van der Waals surface area (Å²) in [6.45, 7) is 0.483. The van der Waals surface area contributed by atoms with Crippen molar-refractivity contribution in [2.45, 2.75) is 25.1 Å². The number of nitrogens with zero attached hydrogens (tertiary/aromatic N) is 3. The minimum absolute atomic E-state index is 0.0780. The highest BCUT2D eigenvalue weighted by Gasteiger charge is 2.38. The summed E-state index contributed by atoms with van der Waals surface area (Å²) < 4.78 is 44.4. The lowest BCUT2D eigenvalue weighted by atomic mass is 10.1. The van der Waals surface area contributed by atoms with Gasteiger partial charge in [0, 0.05) is 19.7 Å². The number of halogens is 3. The van der Waals surface area contributed by atoms with Crippen molar-refractivity contribution in [3.05, 3.63) is 41.6 Å². The van der Waals surface area contributed by atoms with Gasteiger partial charge in [-0.25, -0.2) is 0 Å². The van der Waals surface area contributed by atoms with Gasteiger partial charge in [-0.05, 0) is 25.0 Å². The van der Waals surface area contributed by atoms with Crippen molar-refractivity contribution in [3.8, 4) is 0 Å². The molecule has 1 aliphatic rings. The van der Waals surface area contributed by atoms with Gasteiger partial charge in [0.2, 0.25) is 0 Å². The van der Waals surface area contributed by atoms with Crippen LogP contribution in [-0.2, 0) is 13.2 Å². The molecule has 0 spiro atoms. The van der Waals surface area contributed by atoms with Crippen LogP contribution in [0.5, 0.6) is 0 Å². The van der Waals surface area contributed by atoms with Gasteiger partial charge in [0.25, 0.3) is 5.91 Å². The molecule has 1 amide bonds. The van der Waals surface area contributed by atoms with Crippen LogP contribution in [0.15, 0.2) is 28.9 Å². The minimum atomic E-state index is -4.57. The van der Waals surface area contributed by atoms with Gasteiger partial charge in [-0.15, -0.1) is 0 Å². The summed E-state index contributed by atoms with van der Waals surface area (Å²) in [5, 5.41) is 3.38. The normalized spacial score (nSPS) is 18.9. The van der Waals surface area contributed by atoms with Crippen LogP contribution in [0, 0.1) is 0 Å². The summed E-state index contributed by atoms with van der Waals surface area (Å²) in [5.41, 5.74) is -1.14. The van der Waals surface area contributed by atoms with Crippen LogP contribution >= 0.6 is 0 Å². The van der Waals surface area contributed by atoms with E-state index in [9.17, 15) is 18.0 Å². The van der Waals surface area contributed by atoms with Gasteiger partial charge in [0.1, 0.15) is 11.5 Å². The van der Waals surface area contributed by atoms with Crippen LogP contribution in [0.1, 0.15) is 40.8 Å². The predicted octanol–water partition coefficient (Wildman–Crippen LogP) is 3.01. The Morgan fingerprint density at radius 2 is 2.23 bits per heavy atom. The first kappa shape index (κ1) is 14.7. The average Bonchev–Trinajstić information content (AvgIpc) is 3.16. The molecule has 1 fully saturated rings. The fourth-order valence-corrected chi connectivity index (χ4v) is 2.74. The van der Waals surface area contributed by atoms with Gasteiger partial charge in [-0.3, -0.25) is 9.48 Å². The Morgan fingerprint density at radius 1 is 1.45 bits per heavy atom. The summed E-state index contributed by atoms with van der Waals surface area (Å²) in [5.74, 6) is 0.175. The molecule has 1 aliphatic heterocycles. The highest BCUT2D eigenvalue weighted by molar-refractivity contribution is 5.93. The van der Waals surface area contributed by atoms with Gasteiger partial charge in [0.05, 0.1) is 12.3 Å². The molecule has 2 aromatic rings. The van der Waals surface area contributed by atoms with Crippen molar-refractivity contribution < 1.29 is 22.4 Å². The number of rotatable bonds is 2. The molecule has 0 N–H and O–H groups in total. The summed E-state index contributed by atoms with van der Waals surface area (Å²) >= 11 is 0. The third-order valence-electron chi connectivity index (χ3n) is 3.77. The van der Waals surface area contributed by atoms with Crippen molar-refractivity contribution in [3.63, 3.8) is 0 Å². The molecule has 0 bridgehead atoms. The molecule has 8 heteroatoms. The van der Waals surface area contributed by atoms with E-state index in [0.29, 0.717) is 12.3 Å². The highest BCUT2D eigenvalue weighted by Crippen LogP contribution is 2.34. The zero-order valence-corrected chi connectivity index (χ0v) is 11.8. The van der Waals surface area contributed by atoms with Crippen molar-refractivity contribution in [1.29, 1.82) is 0 Å². The van der Waals surface area contributed by atoms with E-state index in [4.69, 9.17) is 4.42 Å². The van der Waals surface area contributed by atoms with E-state index in [0.717, 1.165) is 23.6 Å². The number of amides is 1. The van der Waals surface area contributed by atoms with E-state index in [1.54, 1.807) is 12.1 Å². The molecule has 0 aliphatic carbocycles. The second-order valence-corrected chi connectivity index (χ2v) is 5.21. The summed E-state index contributed by atoms with van der Waals surface area (Å²) in [7, 11) is 1.33. The van der Waals surface area contributed by atoms with Gasteiger partial charge in [-0.2, -0.15) is 18.3 Å². The standard InChI is InChI=1S/C14H14F3N3O2/c1-19-10(8-12(18-19)14(15,16)17)13(21)20-6-2-4-9(20)11-5-3-7-22-11/h3,5,7-9H,2,4,6H2,1H3. The number of carbonyl (C=O) groups excluding carboxylic acids is 1. The van der Waals surface area contributed by atoms with E-state index >= 15 is 0 Å².